The van der Waals surface area contributed by atoms with Crippen molar-refractivity contribution in [3.63, 3.8) is 0 Å². The summed E-state index contributed by atoms with van der Waals surface area (Å²) in [5.41, 5.74) is 0.535. The molecule has 0 aromatic heterocycles. The van der Waals surface area contributed by atoms with Gasteiger partial charge in [-0.3, -0.25) is 0 Å². The molecule has 6 heteroatoms. The highest BCUT2D eigenvalue weighted by Crippen LogP contribution is 2.18. The molecule has 1 aromatic rings. The summed E-state index contributed by atoms with van der Waals surface area (Å²) in [5.74, 6) is 2.32. The zero-order valence-corrected chi connectivity index (χ0v) is 12.2. The topological polar surface area (TPSA) is 74.7 Å². The van der Waals surface area contributed by atoms with Gasteiger partial charge in [0.05, 0.1) is 4.90 Å². The van der Waals surface area contributed by atoms with E-state index in [4.69, 9.17) is 11.5 Å². The van der Waals surface area contributed by atoms with E-state index in [1.165, 1.54) is 24.3 Å². The van der Waals surface area contributed by atoms with Crippen LogP contribution < -0.4 is 0 Å². The molecule has 0 bridgehead atoms. The zero-order valence-electron chi connectivity index (χ0n) is 11.4. The molecule has 0 saturated carbocycles. The van der Waals surface area contributed by atoms with Crippen molar-refractivity contribution in [2.45, 2.75) is 25.2 Å². The Morgan fingerprint density at radius 3 is 2.35 bits per heavy atom. The third-order valence-electron chi connectivity index (χ3n) is 3.00. The van der Waals surface area contributed by atoms with Crippen LogP contribution in [0, 0.1) is 18.3 Å². The number of nitrogens with zero attached hydrogens (tertiary/aromatic N) is 1. The molecule has 0 spiro atoms. The molecule has 1 unspecified atom stereocenters. The fraction of sp³-hybridized carbons (Fsp3) is 0.357. The summed E-state index contributed by atoms with van der Waals surface area (Å²) >= 11 is 0. The first kappa shape index (κ1) is 16.1. The third kappa shape index (κ3) is 3.52. The first-order valence-corrected chi connectivity index (χ1v) is 7.59. The highest BCUT2D eigenvalue weighted by atomic mass is 32.2. The van der Waals surface area contributed by atoms with Crippen LogP contribution in [-0.2, 0) is 10.0 Å². The average molecular weight is 295 g/mol. The van der Waals surface area contributed by atoms with E-state index in [9.17, 15) is 13.2 Å². The quantitative estimate of drug-likeness (QED) is 0.846. The van der Waals surface area contributed by atoms with E-state index in [-0.39, 0.29) is 17.4 Å². The molecule has 1 aromatic carbocycles. The number of carbonyl (C=O) groups is 1. The minimum atomic E-state index is -4.07. The number of sulfonamides is 1. The van der Waals surface area contributed by atoms with Crippen LogP contribution in [0.1, 0.15) is 25.8 Å². The van der Waals surface area contributed by atoms with Crippen LogP contribution in [0.4, 0.5) is 4.79 Å². The van der Waals surface area contributed by atoms with E-state index in [2.05, 4.69) is 5.92 Å². The van der Waals surface area contributed by atoms with E-state index in [1.54, 1.807) is 6.92 Å². The van der Waals surface area contributed by atoms with Crippen molar-refractivity contribution in [2.75, 3.05) is 6.54 Å². The minimum absolute atomic E-state index is 0.0501. The predicted molar refractivity (Wildman–Crippen MR) is 75.7 cm³/mol. The Morgan fingerprint density at radius 2 is 1.95 bits per heavy atom. The van der Waals surface area contributed by atoms with Gasteiger partial charge in [-0.1, -0.05) is 26.2 Å². The maximum absolute atomic E-state index is 12.3. The summed E-state index contributed by atoms with van der Waals surface area (Å²) in [6.07, 6.45) is 4.41. The van der Waals surface area contributed by atoms with Crippen molar-refractivity contribution in [3.05, 3.63) is 29.8 Å². The van der Waals surface area contributed by atoms with Crippen LogP contribution in [0.3, 0.4) is 0 Å². The summed E-state index contributed by atoms with van der Waals surface area (Å²) in [6.45, 7) is 3.61. The molecule has 0 fully saturated rings. The molecule has 1 atom stereocenters. The summed E-state index contributed by atoms with van der Waals surface area (Å²) in [5, 5.41) is 9.13. The van der Waals surface area contributed by atoms with Crippen molar-refractivity contribution < 1.29 is 18.3 Å². The highest BCUT2D eigenvalue weighted by molar-refractivity contribution is 7.89. The van der Waals surface area contributed by atoms with Crippen molar-refractivity contribution in [3.8, 4) is 12.3 Å². The number of carboxylic acid groups (broad SMARTS) is 1. The lowest BCUT2D eigenvalue weighted by molar-refractivity contribution is 0.167. The molecule has 0 saturated heterocycles. The second-order valence-corrected chi connectivity index (χ2v) is 6.36. The van der Waals surface area contributed by atoms with Gasteiger partial charge in [0.15, 0.2) is 0 Å². The number of terminal acetylenes is 1. The zero-order chi connectivity index (χ0) is 15.3. The fourth-order valence-electron chi connectivity index (χ4n) is 1.54. The second kappa shape index (κ2) is 6.44. The van der Waals surface area contributed by atoms with Gasteiger partial charge < -0.3 is 5.11 Å². The molecule has 20 heavy (non-hydrogen) atoms. The lowest BCUT2D eigenvalue weighted by Gasteiger charge is -2.22. The summed E-state index contributed by atoms with van der Waals surface area (Å²) in [4.78, 5) is 11.1. The van der Waals surface area contributed by atoms with E-state index in [0.29, 0.717) is 16.3 Å². The molecule has 5 nitrogen and oxygen atoms in total. The normalized spacial score (nSPS) is 12.4. The number of amides is 1. The maximum atomic E-state index is 12.3. The molecule has 1 N–H and O–H groups in total. The van der Waals surface area contributed by atoms with Crippen molar-refractivity contribution >= 4 is 16.1 Å². The molecule has 0 aliphatic rings. The molecule has 0 aliphatic heterocycles. The average Bonchev–Trinajstić information content (AvgIpc) is 2.43. The van der Waals surface area contributed by atoms with E-state index >= 15 is 0 Å². The standard InChI is InChI=1S/C14H17NO4S/c1-4-11(3)10-15(14(16)17)20(18,19)13-8-6-12(5-2)7-9-13/h2,6-9,11H,4,10H2,1,3H3,(H,16,17). The van der Waals surface area contributed by atoms with Gasteiger partial charge in [0.25, 0.3) is 10.0 Å². The van der Waals surface area contributed by atoms with Gasteiger partial charge in [0.2, 0.25) is 0 Å². The van der Waals surface area contributed by atoms with E-state index < -0.39 is 16.1 Å². The predicted octanol–water partition coefficient (Wildman–Crippen LogP) is 2.38. The van der Waals surface area contributed by atoms with Crippen LogP contribution in [0.15, 0.2) is 29.2 Å². The molecule has 0 aliphatic carbocycles. The smallest absolute Gasteiger partial charge is 0.421 e. The molecular formula is C14H17NO4S. The van der Waals surface area contributed by atoms with Crippen molar-refractivity contribution in [2.24, 2.45) is 5.92 Å². The summed E-state index contributed by atoms with van der Waals surface area (Å²) in [6, 6.07) is 5.57. The first-order chi connectivity index (χ1) is 9.32. The van der Waals surface area contributed by atoms with Crippen LogP contribution in [-0.4, -0.2) is 30.5 Å². The number of rotatable bonds is 5. The Kier molecular flexibility index (Phi) is 5.17. The Hall–Kier alpha value is -2.00. The Morgan fingerprint density at radius 1 is 1.40 bits per heavy atom. The SMILES string of the molecule is C#Cc1ccc(S(=O)(=O)N(CC(C)CC)C(=O)O)cc1. The van der Waals surface area contributed by atoms with E-state index in [0.717, 1.165) is 0 Å². The van der Waals surface area contributed by atoms with Crippen LogP contribution in [0.5, 0.6) is 0 Å². The van der Waals surface area contributed by atoms with Gasteiger partial charge in [-0.2, -0.15) is 0 Å². The number of benzene rings is 1. The largest absolute Gasteiger partial charge is 0.464 e. The number of hydrogen-bond acceptors (Lipinski definition) is 3. The van der Waals surface area contributed by atoms with Gasteiger partial charge in [-0.25, -0.2) is 17.5 Å². The van der Waals surface area contributed by atoms with Gasteiger partial charge in [0, 0.05) is 12.1 Å². The second-order valence-electron chi connectivity index (χ2n) is 4.50. The van der Waals surface area contributed by atoms with Crippen LogP contribution >= 0.6 is 0 Å². The Balaban J connectivity index is 3.16. The monoisotopic (exact) mass is 295 g/mol. The molecule has 1 rings (SSSR count). The summed E-state index contributed by atoms with van der Waals surface area (Å²) < 4.78 is 25.1. The van der Waals surface area contributed by atoms with Crippen LogP contribution in [0.2, 0.25) is 0 Å². The van der Waals surface area contributed by atoms with Crippen LogP contribution in [0.25, 0.3) is 0 Å². The lowest BCUT2D eigenvalue weighted by atomic mass is 10.1. The molecule has 108 valence electrons. The first-order valence-electron chi connectivity index (χ1n) is 6.15. The van der Waals surface area contributed by atoms with Gasteiger partial charge in [0.1, 0.15) is 0 Å². The minimum Gasteiger partial charge on any atom is -0.464 e. The van der Waals surface area contributed by atoms with Gasteiger partial charge in [-0.05, 0) is 30.2 Å². The Labute approximate surface area is 119 Å². The Bertz CT molecular complexity index is 614. The third-order valence-corrected chi connectivity index (χ3v) is 4.75. The number of hydrogen-bond donors (Lipinski definition) is 1. The van der Waals surface area contributed by atoms with Crippen molar-refractivity contribution in [1.82, 2.24) is 4.31 Å². The summed E-state index contributed by atoms with van der Waals surface area (Å²) in [7, 11) is -4.07. The maximum Gasteiger partial charge on any atom is 0.421 e. The molecule has 0 radical (unpaired) electrons. The highest BCUT2D eigenvalue weighted by Gasteiger charge is 2.29. The lowest BCUT2D eigenvalue weighted by Crippen LogP contribution is -2.38. The van der Waals surface area contributed by atoms with Crippen molar-refractivity contribution in [1.29, 1.82) is 0 Å². The van der Waals surface area contributed by atoms with Gasteiger partial charge >= 0.3 is 6.09 Å². The van der Waals surface area contributed by atoms with E-state index in [1.807, 2.05) is 6.92 Å². The molecular weight excluding hydrogens is 278 g/mol. The molecule has 1 amide bonds. The fourth-order valence-corrected chi connectivity index (χ4v) is 2.93. The van der Waals surface area contributed by atoms with Gasteiger partial charge in [-0.15, -0.1) is 6.42 Å². The molecule has 0 heterocycles.